The Kier molecular flexibility index (Phi) is 7.19. The van der Waals surface area contributed by atoms with Gasteiger partial charge in [-0.15, -0.1) is 0 Å². The van der Waals surface area contributed by atoms with E-state index in [-0.39, 0.29) is 16.7 Å². The van der Waals surface area contributed by atoms with Gasteiger partial charge in [0.25, 0.3) is 0 Å². The maximum Gasteiger partial charge on any atom is 0.243 e. The molecule has 2 unspecified atom stereocenters. The number of hydrogen-bond acceptors (Lipinski definition) is 5. The molecule has 0 saturated carbocycles. The summed E-state index contributed by atoms with van der Waals surface area (Å²) < 4.78 is 32.4. The lowest BCUT2D eigenvalue weighted by molar-refractivity contribution is -0.126. The van der Waals surface area contributed by atoms with Crippen molar-refractivity contribution in [3.8, 4) is 5.75 Å². The molecule has 0 bridgehead atoms. The summed E-state index contributed by atoms with van der Waals surface area (Å²) in [6, 6.07) is 7.09. The molecule has 172 valence electrons. The van der Waals surface area contributed by atoms with E-state index in [0.29, 0.717) is 43.6 Å². The summed E-state index contributed by atoms with van der Waals surface area (Å²) in [7, 11) is -1.98. The lowest BCUT2D eigenvalue weighted by Gasteiger charge is -2.44. The van der Waals surface area contributed by atoms with Crippen LogP contribution in [0.1, 0.15) is 44.9 Å². The second kappa shape index (κ2) is 9.88. The third-order valence-corrected chi connectivity index (χ3v) is 9.20. The quantitative estimate of drug-likeness (QED) is 0.722. The SMILES string of the molecule is COc1ccc(S(=O)(=O)N2CCC(C(=O)NCC3CCCN4CCCCC34)CC2)cc1. The number of ether oxygens (including phenoxy) is 1. The maximum atomic E-state index is 12.9. The molecule has 0 spiro atoms. The molecule has 0 aliphatic carbocycles. The Bertz CT molecular complexity index is 848. The van der Waals surface area contributed by atoms with Gasteiger partial charge < -0.3 is 15.0 Å². The number of benzene rings is 1. The normalized spacial score (nSPS) is 26.2. The van der Waals surface area contributed by atoms with Crippen molar-refractivity contribution in [2.24, 2.45) is 11.8 Å². The highest BCUT2D eigenvalue weighted by molar-refractivity contribution is 7.89. The van der Waals surface area contributed by atoms with Crippen molar-refractivity contribution < 1.29 is 17.9 Å². The molecule has 3 saturated heterocycles. The first-order chi connectivity index (χ1) is 15.0. The minimum absolute atomic E-state index is 0.0921. The molecule has 7 nitrogen and oxygen atoms in total. The Morgan fingerprint density at radius 2 is 1.71 bits per heavy atom. The summed E-state index contributed by atoms with van der Waals surface area (Å²) in [4.78, 5) is 15.7. The summed E-state index contributed by atoms with van der Waals surface area (Å²) in [5.74, 6) is 1.17. The highest BCUT2D eigenvalue weighted by Gasteiger charge is 2.35. The fraction of sp³-hybridized carbons (Fsp3) is 0.696. The van der Waals surface area contributed by atoms with Gasteiger partial charge >= 0.3 is 0 Å². The molecule has 0 aromatic heterocycles. The van der Waals surface area contributed by atoms with E-state index in [1.54, 1.807) is 31.4 Å². The van der Waals surface area contributed by atoms with Gasteiger partial charge in [-0.25, -0.2) is 8.42 Å². The predicted molar refractivity (Wildman–Crippen MR) is 119 cm³/mol. The zero-order valence-electron chi connectivity index (χ0n) is 18.5. The second-order valence-electron chi connectivity index (χ2n) is 9.10. The molecule has 1 aromatic rings. The topological polar surface area (TPSA) is 79.0 Å². The number of nitrogens with zero attached hydrogens (tertiary/aromatic N) is 2. The highest BCUT2D eigenvalue weighted by atomic mass is 32.2. The Balaban J connectivity index is 1.27. The van der Waals surface area contributed by atoms with Crippen LogP contribution in [-0.2, 0) is 14.8 Å². The van der Waals surface area contributed by atoms with Crippen LogP contribution >= 0.6 is 0 Å². The first-order valence-electron chi connectivity index (χ1n) is 11.6. The summed E-state index contributed by atoms with van der Waals surface area (Å²) in [6.45, 7) is 3.93. The lowest BCUT2D eigenvalue weighted by atomic mass is 9.83. The molecule has 3 heterocycles. The van der Waals surface area contributed by atoms with Gasteiger partial charge in [-0.1, -0.05) is 6.42 Å². The number of sulfonamides is 1. The molecule has 3 aliphatic rings. The summed E-state index contributed by atoms with van der Waals surface area (Å²) in [5.41, 5.74) is 0. The zero-order chi connectivity index (χ0) is 21.8. The molecule has 3 fully saturated rings. The van der Waals surface area contributed by atoms with Gasteiger partial charge in [-0.2, -0.15) is 4.31 Å². The van der Waals surface area contributed by atoms with Gasteiger partial charge in [0.05, 0.1) is 12.0 Å². The predicted octanol–water partition coefficient (Wildman–Crippen LogP) is 2.48. The van der Waals surface area contributed by atoms with Crippen molar-refractivity contribution >= 4 is 15.9 Å². The molecular formula is C23H35N3O4S. The molecule has 31 heavy (non-hydrogen) atoms. The van der Waals surface area contributed by atoms with Crippen molar-refractivity contribution in [2.45, 2.75) is 55.9 Å². The minimum Gasteiger partial charge on any atom is -0.497 e. The number of carbonyl (C=O) groups is 1. The third kappa shape index (κ3) is 5.07. The highest BCUT2D eigenvalue weighted by Crippen LogP contribution is 2.31. The molecule has 8 heteroatoms. The van der Waals surface area contributed by atoms with Gasteiger partial charge in [0, 0.05) is 31.6 Å². The van der Waals surface area contributed by atoms with Crippen LogP contribution in [0.5, 0.6) is 5.75 Å². The van der Waals surface area contributed by atoms with E-state index in [1.165, 1.54) is 49.5 Å². The molecule has 0 radical (unpaired) electrons. The van der Waals surface area contributed by atoms with Crippen molar-refractivity contribution in [2.75, 3.05) is 39.8 Å². The van der Waals surface area contributed by atoms with E-state index >= 15 is 0 Å². The van der Waals surface area contributed by atoms with E-state index < -0.39 is 10.0 Å². The average Bonchev–Trinajstić information content (AvgIpc) is 2.82. The second-order valence-corrected chi connectivity index (χ2v) is 11.0. The average molecular weight is 450 g/mol. The monoisotopic (exact) mass is 449 g/mol. The van der Waals surface area contributed by atoms with Gasteiger partial charge in [0.2, 0.25) is 15.9 Å². The number of fused-ring (bicyclic) bond motifs is 1. The van der Waals surface area contributed by atoms with Crippen molar-refractivity contribution in [1.29, 1.82) is 0 Å². The first-order valence-corrected chi connectivity index (χ1v) is 13.1. The smallest absolute Gasteiger partial charge is 0.243 e. The lowest BCUT2D eigenvalue weighted by Crippen LogP contribution is -2.51. The molecular weight excluding hydrogens is 414 g/mol. The molecule has 1 aromatic carbocycles. The van der Waals surface area contributed by atoms with E-state index in [1.807, 2.05) is 0 Å². The van der Waals surface area contributed by atoms with Gasteiger partial charge in [-0.3, -0.25) is 4.79 Å². The van der Waals surface area contributed by atoms with Crippen LogP contribution in [0.15, 0.2) is 29.2 Å². The van der Waals surface area contributed by atoms with E-state index in [4.69, 9.17) is 4.74 Å². The minimum atomic E-state index is -3.54. The van der Waals surface area contributed by atoms with E-state index in [0.717, 1.165) is 6.54 Å². The van der Waals surface area contributed by atoms with Crippen LogP contribution in [0.4, 0.5) is 0 Å². The van der Waals surface area contributed by atoms with Crippen molar-refractivity contribution in [3.63, 3.8) is 0 Å². The molecule has 4 rings (SSSR count). The number of carbonyl (C=O) groups excluding carboxylic acids is 1. The number of methoxy groups -OCH3 is 1. The van der Waals surface area contributed by atoms with Crippen molar-refractivity contribution in [1.82, 2.24) is 14.5 Å². The van der Waals surface area contributed by atoms with Gasteiger partial charge in [0.1, 0.15) is 5.75 Å². The van der Waals surface area contributed by atoms with E-state index in [2.05, 4.69) is 10.2 Å². The van der Waals surface area contributed by atoms with Crippen LogP contribution in [0.3, 0.4) is 0 Å². The maximum absolute atomic E-state index is 12.9. The number of piperidine rings is 3. The summed E-state index contributed by atoms with van der Waals surface area (Å²) in [5, 5.41) is 3.21. The molecule has 2 atom stereocenters. The third-order valence-electron chi connectivity index (χ3n) is 7.29. The van der Waals surface area contributed by atoms with Crippen molar-refractivity contribution in [3.05, 3.63) is 24.3 Å². The standard InChI is InChI=1S/C23H35N3O4S/c1-30-20-7-9-21(10-8-20)31(28,29)26-15-11-18(12-16-26)23(27)24-17-19-5-4-14-25-13-3-2-6-22(19)25/h7-10,18-19,22H,2-6,11-17H2,1H3,(H,24,27). The number of hydrogen-bond donors (Lipinski definition) is 1. The molecule has 3 aliphatic heterocycles. The van der Waals surface area contributed by atoms with Gasteiger partial charge in [0.15, 0.2) is 0 Å². The number of rotatable bonds is 6. The molecule has 1 N–H and O–H groups in total. The van der Waals surface area contributed by atoms with Crippen LogP contribution in [0.25, 0.3) is 0 Å². The molecule has 1 amide bonds. The van der Waals surface area contributed by atoms with Crippen LogP contribution in [0.2, 0.25) is 0 Å². The van der Waals surface area contributed by atoms with Gasteiger partial charge in [-0.05, 0) is 81.8 Å². The van der Waals surface area contributed by atoms with Crippen LogP contribution in [0, 0.1) is 11.8 Å². The van der Waals surface area contributed by atoms with Crippen LogP contribution < -0.4 is 10.1 Å². The number of amides is 1. The number of nitrogens with one attached hydrogen (secondary N) is 1. The fourth-order valence-electron chi connectivity index (χ4n) is 5.45. The Hall–Kier alpha value is -1.64. The fourth-order valence-corrected chi connectivity index (χ4v) is 6.92. The summed E-state index contributed by atoms with van der Waals surface area (Å²) in [6.07, 6.45) is 7.41. The largest absolute Gasteiger partial charge is 0.497 e. The zero-order valence-corrected chi connectivity index (χ0v) is 19.3. The Morgan fingerprint density at radius 1 is 1.00 bits per heavy atom. The Morgan fingerprint density at radius 3 is 2.42 bits per heavy atom. The summed E-state index contributed by atoms with van der Waals surface area (Å²) >= 11 is 0. The van der Waals surface area contributed by atoms with Crippen LogP contribution in [-0.4, -0.2) is 69.4 Å². The first kappa shape index (κ1) is 22.6. The Labute approximate surface area is 186 Å². The van der Waals surface area contributed by atoms with E-state index in [9.17, 15) is 13.2 Å².